The lowest BCUT2D eigenvalue weighted by Gasteiger charge is -2.08. The monoisotopic (exact) mass is 240 g/mol. The molecule has 1 aromatic rings. The van der Waals surface area contributed by atoms with E-state index in [1.165, 1.54) is 12.1 Å². The van der Waals surface area contributed by atoms with Crippen molar-refractivity contribution < 1.29 is 24.5 Å². The fourth-order valence-corrected chi connectivity index (χ4v) is 1.10. The maximum Gasteiger partial charge on any atom is 0.358 e. The number of pyridine rings is 1. The van der Waals surface area contributed by atoms with Gasteiger partial charge < -0.3 is 20.7 Å². The molecule has 0 radical (unpaired) electrons. The molecular weight excluding hydrogens is 228 g/mol. The molecule has 1 aromatic heterocycles. The maximum absolute atomic E-state index is 10.9. The Morgan fingerprint density at radius 1 is 1.29 bits per heavy atom. The molecule has 4 N–H and O–H groups in total. The SMILES string of the molecule is NCCCOc1ccc(C(=O)O)nc1C(=O)O. The van der Waals surface area contributed by atoms with Gasteiger partial charge in [-0.05, 0) is 25.1 Å². The Labute approximate surface area is 96.8 Å². The Balaban J connectivity index is 2.96. The summed E-state index contributed by atoms with van der Waals surface area (Å²) in [5.41, 5.74) is 4.51. The van der Waals surface area contributed by atoms with Gasteiger partial charge in [-0.2, -0.15) is 0 Å². The van der Waals surface area contributed by atoms with Gasteiger partial charge in [0.1, 0.15) is 5.69 Å². The van der Waals surface area contributed by atoms with E-state index >= 15 is 0 Å². The number of aromatic nitrogens is 1. The molecule has 0 aromatic carbocycles. The quantitative estimate of drug-likeness (QED) is 0.607. The number of carboxylic acids is 2. The number of rotatable bonds is 6. The highest BCUT2D eigenvalue weighted by molar-refractivity contribution is 5.92. The molecule has 0 aliphatic carbocycles. The number of ether oxygens (including phenoxy) is 1. The first kappa shape index (κ1) is 12.9. The zero-order chi connectivity index (χ0) is 12.8. The summed E-state index contributed by atoms with van der Waals surface area (Å²) in [5, 5.41) is 17.6. The summed E-state index contributed by atoms with van der Waals surface area (Å²) < 4.78 is 5.16. The molecule has 0 atom stereocenters. The molecule has 0 aliphatic rings. The molecule has 0 amide bonds. The number of carboxylic acid groups (broad SMARTS) is 2. The second kappa shape index (κ2) is 5.80. The van der Waals surface area contributed by atoms with Crippen molar-refractivity contribution in [2.75, 3.05) is 13.2 Å². The third-order valence-electron chi connectivity index (χ3n) is 1.89. The van der Waals surface area contributed by atoms with E-state index in [1.807, 2.05) is 0 Å². The van der Waals surface area contributed by atoms with Crippen molar-refractivity contribution in [2.24, 2.45) is 5.73 Å². The van der Waals surface area contributed by atoms with Crippen molar-refractivity contribution in [3.63, 3.8) is 0 Å². The fourth-order valence-electron chi connectivity index (χ4n) is 1.10. The van der Waals surface area contributed by atoms with Crippen LogP contribution in [0.4, 0.5) is 0 Å². The lowest BCUT2D eigenvalue weighted by molar-refractivity contribution is 0.0681. The number of nitrogens with two attached hydrogens (primary N) is 1. The minimum Gasteiger partial charge on any atom is -0.491 e. The Morgan fingerprint density at radius 3 is 2.53 bits per heavy atom. The van der Waals surface area contributed by atoms with Crippen LogP contribution in [0.25, 0.3) is 0 Å². The average molecular weight is 240 g/mol. The molecule has 7 nitrogen and oxygen atoms in total. The second-order valence-electron chi connectivity index (χ2n) is 3.14. The first-order valence-electron chi connectivity index (χ1n) is 4.86. The first-order valence-corrected chi connectivity index (χ1v) is 4.86. The third kappa shape index (κ3) is 3.42. The second-order valence-corrected chi connectivity index (χ2v) is 3.14. The van der Waals surface area contributed by atoms with Crippen LogP contribution in [0.15, 0.2) is 12.1 Å². The van der Waals surface area contributed by atoms with Crippen LogP contribution in [-0.2, 0) is 0 Å². The van der Waals surface area contributed by atoms with Gasteiger partial charge in [0.2, 0.25) is 0 Å². The summed E-state index contributed by atoms with van der Waals surface area (Å²) in [6.45, 7) is 0.675. The number of aromatic carboxylic acids is 2. The van der Waals surface area contributed by atoms with Crippen LogP contribution >= 0.6 is 0 Å². The van der Waals surface area contributed by atoms with Gasteiger partial charge in [0, 0.05) is 0 Å². The average Bonchev–Trinajstić information content (AvgIpc) is 2.29. The Kier molecular flexibility index (Phi) is 4.41. The van der Waals surface area contributed by atoms with E-state index in [2.05, 4.69) is 4.98 Å². The molecule has 0 bridgehead atoms. The van der Waals surface area contributed by atoms with Crippen LogP contribution in [0, 0.1) is 0 Å². The molecule has 0 fully saturated rings. The van der Waals surface area contributed by atoms with Gasteiger partial charge in [-0.25, -0.2) is 14.6 Å². The molecule has 17 heavy (non-hydrogen) atoms. The summed E-state index contributed by atoms with van der Waals surface area (Å²) in [6.07, 6.45) is 0.569. The normalized spacial score (nSPS) is 9.94. The van der Waals surface area contributed by atoms with E-state index in [9.17, 15) is 9.59 Å². The molecule has 1 rings (SSSR count). The van der Waals surface area contributed by atoms with Gasteiger partial charge in [-0.1, -0.05) is 0 Å². The minimum atomic E-state index is -1.34. The Bertz CT molecular complexity index is 433. The number of hydrogen-bond donors (Lipinski definition) is 3. The van der Waals surface area contributed by atoms with Crippen molar-refractivity contribution in [2.45, 2.75) is 6.42 Å². The summed E-state index contributed by atoms with van der Waals surface area (Å²) in [5.74, 6) is -2.59. The lowest BCUT2D eigenvalue weighted by atomic mass is 10.2. The topological polar surface area (TPSA) is 123 Å². The molecule has 0 saturated carbocycles. The molecule has 92 valence electrons. The molecular formula is C10H12N2O5. The number of carbonyl (C=O) groups is 2. The summed E-state index contributed by atoms with van der Waals surface area (Å²) in [6, 6.07) is 2.46. The van der Waals surface area contributed by atoms with Crippen LogP contribution in [0.5, 0.6) is 5.75 Å². The maximum atomic E-state index is 10.9. The van der Waals surface area contributed by atoms with Crippen LogP contribution in [-0.4, -0.2) is 40.3 Å². The standard InChI is InChI=1S/C10H12N2O5/c11-4-1-5-17-7-3-2-6(9(13)14)12-8(7)10(15)16/h2-3H,1,4-5,11H2,(H,13,14)(H,15,16). The number of nitrogens with zero attached hydrogens (tertiary/aromatic N) is 1. The summed E-state index contributed by atoms with van der Waals surface area (Å²) >= 11 is 0. The molecule has 1 heterocycles. The largest absolute Gasteiger partial charge is 0.491 e. The van der Waals surface area contributed by atoms with E-state index in [0.717, 1.165) is 0 Å². The molecule has 0 saturated heterocycles. The highest BCUT2D eigenvalue weighted by Crippen LogP contribution is 2.17. The summed E-state index contributed by atoms with van der Waals surface area (Å²) in [4.78, 5) is 25.0. The van der Waals surface area contributed by atoms with Crippen LogP contribution < -0.4 is 10.5 Å². The first-order chi connectivity index (χ1) is 8.06. The van der Waals surface area contributed by atoms with Crippen molar-refractivity contribution >= 4 is 11.9 Å². The van der Waals surface area contributed by atoms with E-state index < -0.39 is 17.6 Å². The van der Waals surface area contributed by atoms with Crippen LogP contribution in [0.2, 0.25) is 0 Å². The predicted octanol–water partition coefficient (Wildman–Crippen LogP) is 0.206. The van der Waals surface area contributed by atoms with Gasteiger partial charge in [0.15, 0.2) is 11.4 Å². The van der Waals surface area contributed by atoms with E-state index in [1.54, 1.807) is 0 Å². The van der Waals surface area contributed by atoms with Crippen molar-refractivity contribution in [1.29, 1.82) is 0 Å². The molecule has 7 heteroatoms. The minimum absolute atomic E-state index is 0.0379. The zero-order valence-electron chi connectivity index (χ0n) is 8.92. The van der Waals surface area contributed by atoms with Crippen LogP contribution in [0.1, 0.15) is 27.4 Å². The van der Waals surface area contributed by atoms with Crippen molar-refractivity contribution in [3.8, 4) is 5.75 Å². The van der Waals surface area contributed by atoms with Gasteiger partial charge in [0.05, 0.1) is 6.61 Å². The highest BCUT2D eigenvalue weighted by Gasteiger charge is 2.16. The van der Waals surface area contributed by atoms with E-state index in [4.69, 9.17) is 20.7 Å². The third-order valence-corrected chi connectivity index (χ3v) is 1.89. The highest BCUT2D eigenvalue weighted by atomic mass is 16.5. The number of hydrogen-bond acceptors (Lipinski definition) is 5. The Hall–Kier alpha value is -2.15. The van der Waals surface area contributed by atoms with Crippen LogP contribution in [0.3, 0.4) is 0 Å². The van der Waals surface area contributed by atoms with Gasteiger partial charge in [0.25, 0.3) is 0 Å². The molecule has 0 aliphatic heterocycles. The molecule has 0 spiro atoms. The summed E-state index contributed by atoms with van der Waals surface area (Å²) in [7, 11) is 0. The Morgan fingerprint density at radius 2 is 2.00 bits per heavy atom. The zero-order valence-corrected chi connectivity index (χ0v) is 8.92. The molecule has 0 unspecified atom stereocenters. The van der Waals surface area contributed by atoms with Gasteiger partial charge in [-0.15, -0.1) is 0 Å². The van der Waals surface area contributed by atoms with E-state index in [0.29, 0.717) is 13.0 Å². The predicted molar refractivity (Wildman–Crippen MR) is 57.3 cm³/mol. The fraction of sp³-hybridized carbons (Fsp3) is 0.300. The van der Waals surface area contributed by atoms with Gasteiger partial charge >= 0.3 is 11.9 Å². The van der Waals surface area contributed by atoms with E-state index in [-0.39, 0.29) is 18.1 Å². The lowest BCUT2D eigenvalue weighted by Crippen LogP contribution is -2.12. The van der Waals surface area contributed by atoms with Crippen molar-refractivity contribution in [3.05, 3.63) is 23.5 Å². The van der Waals surface area contributed by atoms with Crippen molar-refractivity contribution in [1.82, 2.24) is 4.98 Å². The van der Waals surface area contributed by atoms with Gasteiger partial charge in [-0.3, -0.25) is 0 Å². The smallest absolute Gasteiger partial charge is 0.358 e.